The quantitative estimate of drug-likeness (QED) is 0.762. The number of aliphatic carboxylic acids is 1. The van der Waals surface area contributed by atoms with Crippen molar-refractivity contribution < 1.29 is 18.8 Å². The van der Waals surface area contributed by atoms with Crippen molar-refractivity contribution in [3.05, 3.63) is 0 Å². The van der Waals surface area contributed by atoms with Crippen molar-refractivity contribution in [3.8, 4) is 0 Å². The molecule has 16 heavy (non-hydrogen) atoms. The minimum Gasteiger partial charge on any atom is -0.481 e. The summed E-state index contributed by atoms with van der Waals surface area (Å²) in [5.74, 6) is -1.52. The third kappa shape index (κ3) is 2.61. The maximum absolute atomic E-state index is 12.0. The fraction of sp³-hybridized carbons (Fsp3) is 0.900. The highest BCUT2D eigenvalue weighted by Gasteiger charge is 2.49. The Morgan fingerprint density at radius 2 is 2.00 bits per heavy atom. The molecular weight excluding hydrogens is 230 g/mol. The van der Waals surface area contributed by atoms with Gasteiger partial charge in [-0.25, -0.2) is 8.93 Å². The van der Waals surface area contributed by atoms with Gasteiger partial charge in [-0.3, -0.25) is 4.79 Å². The molecule has 1 aliphatic heterocycles. The molecule has 2 N–H and O–H groups in total. The summed E-state index contributed by atoms with van der Waals surface area (Å²) in [6.45, 7) is 7.72. The highest BCUT2D eigenvalue weighted by Crippen LogP contribution is 2.28. The van der Waals surface area contributed by atoms with E-state index in [0.717, 1.165) is 0 Å². The van der Waals surface area contributed by atoms with Crippen LogP contribution in [0.15, 0.2) is 0 Å². The van der Waals surface area contributed by atoms with Crippen molar-refractivity contribution in [3.63, 3.8) is 0 Å². The van der Waals surface area contributed by atoms with Crippen LogP contribution < -0.4 is 4.72 Å². The second-order valence-electron chi connectivity index (χ2n) is 5.19. The summed E-state index contributed by atoms with van der Waals surface area (Å²) in [6, 6.07) is 0. The van der Waals surface area contributed by atoms with Gasteiger partial charge in [0.15, 0.2) is 0 Å². The minimum atomic E-state index is -1.29. The first kappa shape index (κ1) is 13.6. The molecule has 2 atom stereocenters. The fourth-order valence-electron chi connectivity index (χ4n) is 1.29. The lowest BCUT2D eigenvalue weighted by molar-refractivity contribution is -0.155. The van der Waals surface area contributed by atoms with Gasteiger partial charge < -0.3 is 9.84 Å². The monoisotopic (exact) mass is 249 g/mol. The molecule has 1 fully saturated rings. The predicted molar refractivity (Wildman–Crippen MR) is 61.4 cm³/mol. The van der Waals surface area contributed by atoms with Crippen LogP contribution in [0.1, 0.15) is 27.7 Å². The number of carboxylic acid groups (broad SMARTS) is 1. The lowest BCUT2D eigenvalue weighted by atomic mass is 9.84. The third-order valence-electron chi connectivity index (χ3n) is 2.77. The number of rotatable bonds is 4. The van der Waals surface area contributed by atoms with Gasteiger partial charge in [0, 0.05) is 0 Å². The van der Waals surface area contributed by atoms with Gasteiger partial charge >= 0.3 is 5.97 Å². The van der Waals surface area contributed by atoms with Crippen molar-refractivity contribution in [1.82, 2.24) is 4.72 Å². The first-order valence-corrected chi connectivity index (χ1v) is 6.34. The highest BCUT2D eigenvalue weighted by molar-refractivity contribution is 7.84. The van der Waals surface area contributed by atoms with E-state index in [1.807, 2.05) is 20.8 Å². The van der Waals surface area contributed by atoms with E-state index in [1.54, 1.807) is 6.92 Å². The summed E-state index contributed by atoms with van der Waals surface area (Å²) in [6.07, 6.45) is 0. The third-order valence-corrected chi connectivity index (χ3v) is 4.47. The molecule has 0 unspecified atom stereocenters. The van der Waals surface area contributed by atoms with Crippen LogP contribution in [0.4, 0.5) is 0 Å². The highest BCUT2D eigenvalue weighted by atomic mass is 32.2. The van der Waals surface area contributed by atoms with E-state index in [4.69, 9.17) is 9.84 Å². The average molecular weight is 249 g/mol. The Bertz CT molecular complexity index is 306. The van der Waals surface area contributed by atoms with Gasteiger partial charge in [0.1, 0.15) is 0 Å². The Balaban J connectivity index is 2.76. The summed E-state index contributed by atoms with van der Waals surface area (Å²) >= 11 is 0. The Labute approximate surface area is 98.1 Å². The standard InChI is InChI=1S/C10H19NO4S/c1-7(8(12)13)10(5-15-6-10)11-16(14)9(2,3)4/h7,11H,5-6H2,1-4H3,(H,12,13)/t7-,16+/m1/s1. The first-order valence-electron chi connectivity index (χ1n) is 5.19. The van der Waals surface area contributed by atoms with Crippen LogP contribution in [0.5, 0.6) is 0 Å². The molecule has 0 bridgehead atoms. The van der Waals surface area contributed by atoms with Crippen molar-refractivity contribution >= 4 is 17.0 Å². The number of carbonyl (C=O) groups is 1. The Kier molecular flexibility index (Phi) is 3.76. The van der Waals surface area contributed by atoms with E-state index in [9.17, 15) is 9.00 Å². The van der Waals surface area contributed by atoms with Crippen LogP contribution in [-0.4, -0.2) is 38.8 Å². The van der Waals surface area contributed by atoms with Crippen molar-refractivity contribution in [2.75, 3.05) is 13.2 Å². The molecule has 94 valence electrons. The molecule has 1 aliphatic rings. The maximum atomic E-state index is 12.0. The normalized spacial score (nSPS) is 23.2. The second-order valence-corrected chi connectivity index (χ2v) is 7.16. The molecule has 1 saturated heterocycles. The summed E-state index contributed by atoms with van der Waals surface area (Å²) in [5, 5.41) is 9.00. The zero-order valence-corrected chi connectivity index (χ0v) is 10.9. The number of nitrogens with one attached hydrogen (secondary N) is 1. The van der Waals surface area contributed by atoms with Gasteiger partial charge in [-0.15, -0.1) is 0 Å². The summed E-state index contributed by atoms with van der Waals surface area (Å²) in [4.78, 5) is 11.0. The lowest BCUT2D eigenvalue weighted by Crippen LogP contribution is -2.67. The molecular formula is C10H19NO4S. The molecule has 0 spiro atoms. The summed E-state index contributed by atoms with van der Waals surface area (Å²) in [5.41, 5.74) is -0.691. The van der Waals surface area contributed by atoms with Crippen molar-refractivity contribution in [2.45, 2.75) is 38.0 Å². The van der Waals surface area contributed by atoms with Crippen LogP contribution in [0.25, 0.3) is 0 Å². The van der Waals surface area contributed by atoms with Crippen molar-refractivity contribution in [1.29, 1.82) is 0 Å². The molecule has 1 heterocycles. The van der Waals surface area contributed by atoms with Gasteiger partial charge in [0.25, 0.3) is 0 Å². The van der Waals surface area contributed by atoms with Gasteiger partial charge in [-0.05, 0) is 27.7 Å². The van der Waals surface area contributed by atoms with Gasteiger partial charge in [0.2, 0.25) is 0 Å². The average Bonchev–Trinajstić information content (AvgIpc) is 2.07. The Morgan fingerprint density at radius 3 is 2.25 bits per heavy atom. The predicted octanol–water partition coefficient (Wildman–Crippen LogP) is 0.528. The van der Waals surface area contributed by atoms with Crippen LogP contribution in [0, 0.1) is 5.92 Å². The molecule has 1 rings (SSSR count). The molecule has 0 saturated carbocycles. The Hall–Kier alpha value is -0.460. The maximum Gasteiger partial charge on any atom is 0.308 e. The van der Waals surface area contributed by atoms with E-state index < -0.39 is 33.2 Å². The van der Waals surface area contributed by atoms with E-state index in [1.165, 1.54) is 0 Å². The first-order chi connectivity index (χ1) is 7.19. The smallest absolute Gasteiger partial charge is 0.308 e. The summed E-state index contributed by atoms with van der Waals surface area (Å²) < 4.78 is 19.5. The van der Waals surface area contributed by atoms with E-state index in [0.29, 0.717) is 13.2 Å². The number of hydrogen-bond donors (Lipinski definition) is 2. The molecule has 5 nitrogen and oxygen atoms in total. The van der Waals surface area contributed by atoms with Crippen LogP contribution in [-0.2, 0) is 20.5 Å². The molecule has 0 amide bonds. The zero-order chi connectivity index (χ0) is 12.6. The second kappa shape index (κ2) is 4.43. The molecule has 0 aromatic rings. The summed E-state index contributed by atoms with van der Waals surface area (Å²) in [7, 11) is -1.29. The van der Waals surface area contributed by atoms with Crippen LogP contribution in [0.2, 0.25) is 0 Å². The molecule has 0 aliphatic carbocycles. The number of ether oxygens (including phenoxy) is 1. The van der Waals surface area contributed by atoms with Gasteiger partial charge in [-0.1, -0.05) is 0 Å². The number of carboxylic acids is 1. The van der Waals surface area contributed by atoms with Crippen molar-refractivity contribution in [2.24, 2.45) is 5.92 Å². The Morgan fingerprint density at radius 1 is 1.50 bits per heavy atom. The largest absolute Gasteiger partial charge is 0.481 e. The molecule has 6 heteroatoms. The van der Waals surface area contributed by atoms with Crippen LogP contribution in [0.3, 0.4) is 0 Å². The minimum absolute atomic E-state index is 0.294. The SMILES string of the molecule is C[C@H](C(=O)O)C1(N[S@@](=O)C(C)(C)C)COC1. The van der Waals surface area contributed by atoms with E-state index in [-0.39, 0.29) is 0 Å². The zero-order valence-electron chi connectivity index (χ0n) is 10.1. The molecule has 0 aromatic heterocycles. The van der Waals surface area contributed by atoms with Gasteiger partial charge in [0.05, 0.1) is 40.4 Å². The lowest BCUT2D eigenvalue weighted by Gasteiger charge is -2.45. The van der Waals surface area contributed by atoms with Crippen LogP contribution >= 0.6 is 0 Å². The fourth-order valence-corrected chi connectivity index (χ4v) is 2.26. The van der Waals surface area contributed by atoms with Gasteiger partial charge in [-0.2, -0.15) is 0 Å². The van der Waals surface area contributed by atoms with E-state index >= 15 is 0 Å². The van der Waals surface area contributed by atoms with E-state index in [2.05, 4.69) is 4.72 Å². The number of hydrogen-bond acceptors (Lipinski definition) is 3. The molecule has 0 radical (unpaired) electrons. The molecule has 0 aromatic carbocycles. The topological polar surface area (TPSA) is 75.6 Å².